The van der Waals surface area contributed by atoms with E-state index in [0.717, 1.165) is 11.3 Å². The molecule has 1 atom stereocenters. The molecule has 0 aliphatic heterocycles. The second kappa shape index (κ2) is 8.17. The molecule has 1 amide bonds. The summed E-state index contributed by atoms with van der Waals surface area (Å²) in [5.41, 5.74) is 2.96. The van der Waals surface area contributed by atoms with E-state index in [0.29, 0.717) is 12.2 Å². The Labute approximate surface area is 149 Å². The fourth-order valence-corrected chi connectivity index (χ4v) is 2.32. The molecule has 2 aromatic rings. The summed E-state index contributed by atoms with van der Waals surface area (Å²) < 4.78 is 5.81. The minimum atomic E-state index is -0.258. The van der Waals surface area contributed by atoms with Gasteiger partial charge in [0.1, 0.15) is 12.4 Å². The fourth-order valence-electron chi connectivity index (χ4n) is 2.32. The molecule has 0 saturated heterocycles. The van der Waals surface area contributed by atoms with E-state index in [9.17, 15) is 4.79 Å². The highest BCUT2D eigenvalue weighted by Crippen LogP contribution is 2.24. The summed E-state index contributed by atoms with van der Waals surface area (Å²) in [5.74, 6) is 0.637. The van der Waals surface area contributed by atoms with Crippen LogP contribution in [0.2, 0.25) is 0 Å². The lowest BCUT2D eigenvalue weighted by atomic mass is 9.87. The Hall–Kier alpha value is -2.33. The lowest BCUT2D eigenvalue weighted by molar-refractivity contribution is 0.0922. The van der Waals surface area contributed by atoms with Crippen molar-refractivity contribution in [3.8, 4) is 5.75 Å². The lowest BCUT2D eigenvalue weighted by Crippen LogP contribution is -2.34. The number of amides is 1. The Bertz CT molecular complexity index is 685. The van der Waals surface area contributed by atoms with Crippen LogP contribution in [0.15, 0.2) is 48.5 Å². The van der Waals surface area contributed by atoms with Crippen LogP contribution in [0.5, 0.6) is 5.75 Å². The van der Waals surface area contributed by atoms with Crippen molar-refractivity contribution in [1.29, 1.82) is 0 Å². The monoisotopic (exact) mass is 341 g/mol. The van der Waals surface area contributed by atoms with E-state index in [4.69, 9.17) is 9.84 Å². The standard InChI is InChI=1S/C21H27NO3/c1-15(13-23)22-20(24)17-7-5-16(6-8-17)14-25-19-11-9-18(10-12-19)21(2,3)4/h5-12,15,23H,13-14H2,1-4H3,(H,22,24). The third-order valence-corrected chi connectivity index (χ3v) is 3.99. The highest BCUT2D eigenvalue weighted by atomic mass is 16.5. The van der Waals surface area contributed by atoms with E-state index in [1.807, 2.05) is 24.3 Å². The second-order valence-corrected chi connectivity index (χ2v) is 7.32. The molecule has 2 N–H and O–H groups in total. The number of carbonyl (C=O) groups excluding carboxylic acids is 1. The van der Waals surface area contributed by atoms with Gasteiger partial charge in [-0.3, -0.25) is 4.79 Å². The number of ether oxygens (including phenoxy) is 1. The number of nitrogens with one attached hydrogen (secondary N) is 1. The molecule has 0 radical (unpaired) electrons. The number of aliphatic hydroxyl groups excluding tert-OH is 1. The van der Waals surface area contributed by atoms with Crippen molar-refractivity contribution in [1.82, 2.24) is 5.32 Å². The third-order valence-electron chi connectivity index (χ3n) is 3.99. The van der Waals surface area contributed by atoms with Crippen LogP contribution in [0.4, 0.5) is 0 Å². The van der Waals surface area contributed by atoms with Gasteiger partial charge in [0.2, 0.25) is 0 Å². The molecule has 0 bridgehead atoms. The topological polar surface area (TPSA) is 58.6 Å². The van der Waals surface area contributed by atoms with Crippen molar-refractivity contribution in [2.45, 2.75) is 45.8 Å². The zero-order valence-electron chi connectivity index (χ0n) is 15.4. The van der Waals surface area contributed by atoms with E-state index in [1.165, 1.54) is 5.56 Å². The molecule has 0 saturated carbocycles. The van der Waals surface area contributed by atoms with Crippen LogP contribution in [-0.2, 0) is 12.0 Å². The van der Waals surface area contributed by atoms with Crippen molar-refractivity contribution in [3.05, 3.63) is 65.2 Å². The average molecular weight is 341 g/mol. The van der Waals surface area contributed by atoms with Gasteiger partial charge in [-0.1, -0.05) is 45.0 Å². The molecule has 0 aromatic heterocycles. The van der Waals surface area contributed by atoms with Gasteiger partial charge in [-0.05, 0) is 47.7 Å². The van der Waals surface area contributed by atoms with E-state index in [-0.39, 0.29) is 24.0 Å². The summed E-state index contributed by atoms with van der Waals surface area (Å²) in [7, 11) is 0. The van der Waals surface area contributed by atoms with Crippen LogP contribution >= 0.6 is 0 Å². The Morgan fingerprint density at radius 2 is 1.68 bits per heavy atom. The number of carbonyl (C=O) groups is 1. The molecule has 0 fully saturated rings. The van der Waals surface area contributed by atoms with Crippen LogP contribution in [-0.4, -0.2) is 23.7 Å². The van der Waals surface area contributed by atoms with Gasteiger partial charge in [0, 0.05) is 11.6 Å². The van der Waals surface area contributed by atoms with E-state index >= 15 is 0 Å². The highest BCUT2D eigenvalue weighted by molar-refractivity contribution is 5.94. The lowest BCUT2D eigenvalue weighted by Gasteiger charge is -2.19. The summed E-state index contributed by atoms with van der Waals surface area (Å²) in [6.07, 6.45) is 0. The van der Waals surface area contributed by atoms with Crippen LogP contribution < -0.4 is 10.1 Å². The summed E-state index contributed by atoms with van der Waals surface area (Å²) in [6, 6.07) is 15.2. The molecular weight excluding hydrogens is 314 g/mol. The zero-order chi connectivity index (χ0) is 18.4. The fraction of sp³-hybridized carbons (Fsp3) is 0.381. The molecule has 2 aromatic carbocycles. The van der Waals surface area contributed by atoms with E-state index in [2.05, 4.69) is 38.2 Å². The molecule has 4 nitrogen and oxygen atoms in total. The molecule has 25 heavy (non-hydrogen) atoms. The molecule has 0 heterocycles. The van der Waals surface area contributed by atoms with Crippen LogP contribution in [0.1, 0.15) is 49.2 Å². The van der Waals surface area contributed by atoms with Crippen LogP contribution in [0.25, 0.3) is 0 Å². The number of benzene rings is 2. The van der Waals surface area contributed by atoms with E-state index in [1.54, 1.807) is 19.1 Å². The molecule has 0 aliphatic rings. The van der Waals surface area contributed by atoms with Gasteiger partial charge >= 0.3 is 0 Å². The molecule has 0 spiro atoms. The molecule has 0 aliphatic carbocycles. The maximum atomic E-state index is 12.0. The van der Waals surface area contributed by atoms with Crippen molar-refractivity contribution in [2.75, 3.05) is 6.61 Å². The molecule has 2 rings (SSSR count). The molecule has 4 heteroatoms. The van der Waals surface area contributed by atoms with Gasteiger partial charge in [0.05, 0.1) is 6.61 Å². The summed E-state index contributed by atoms with van der Waals surface area (Å²) in [6.45, 7) is 8.67. The number of hydrogen-bond acceptors (Lipinski definition) is 3. The number of hydrogen-bond donors (Lipinski definition) is 2. The highest BCUT2D eigenvalue weighted by Gasteiger charge is 2.13. The third kappa shape index (κ3) is 5.61. The van der Waals surface area contributed by atoms with Gasteiger partial charge < -0.3 is 15.2 Å². The normalized spacial score (nSPS) is 12.5. The van der Waals surface area contributed by atoms with Crippen molar-refractivity contribution < 1.29 is 14.6 Å². The SMILES string of the molecule is CC(CO)NC(=O)c1ccc(COc2ccc(C(C)(C)C)cc2)cc1. The summed E-state index contributed by atoms with van der Waals surface area (Å²) >= 11 is 0. The first-order chi connectivity index (χ1) is 11.8. The molecular formula is C21H27NO3. The van der Waals surface area contributed by atoms with Crippen molar-refractivity contribution in [2.24, 2.45) is 0 Å². The first-order valence-electron chi connectivity index (χ1n) is 8.53. The Balaban J connectivity index is 1.92. The maximum absolute atomic E-state index is 12.0. The van der Waals surface area contributed by atoms with Crippen molar-refractivity contribution >= 4 is 5.91 Å². The Morgan fingerprint density at radius 1 is 1.08 bits per heavy atom. The summed E-state index contributed by atoms with van der Waals surface area (Å²) in [5, 5.41) is 11.7. The smallest absolute Gasteiger partial charge is 0.251 e. The Kier molecular flexibility index (Phi) is 6.21. The second-order valence-electron chi connectivity index (χ2n) is 7.32. The predicted octanol–water partition coefficient (Wildman–Crippen LogP) is 3.67. The molecule has 1 unspecified atom stereocenters. The maximum Gasteiger partial charge on any atom is 0.251 e. The van der Waals surface area contributed by atoms with Crippen LogP contribution in [0.3, 0.4) is 0 Å². The minimum Gasteiger partial charge on any atom is -0.489 e. The predicted molar refractivity (Wildman–Crippen MR) is 99.9 cm³/mol. The largest absolute Gasteiger partial charge is 0.489 e. The van der Waals surface area contributed by atoms with Gasteiger partial charge in [0.15, 0.2) is 0 Å². The van der Waals surface area contributed by atoms with Crippen LogP contribution in [0, 0.1) is 0 Å². The molecule has 134 valence electrons. The van der Waals surface area contributed by atoms with Gasteiger partial charge in [-0.15, -0.1) is 0 Å². The first-order valence-corrected chi connectivity index (χ1v) is 8.53. The zero-order valence-corrected chi connectivity index (χ0v) is 15.4. The summed E-state index contributed by atoms with van der Waals surface area (Å²) in [4.78, 5) is 12.0. The number of aliphatic hydroxyl groups is 1. The van der Waals surface area contributed by atoms with Crippen molar-refractivity contribution in [3.63, 3.8) is 0 Å². The quantitative estimate of drug-likeness (QED) is 0.843. The first kappa shape index (κ1) is 19.0. The average Bonchev–Trinajstić information content (AvgIpc) is 2.59. The Morgan fingerprint density at radius 3 is 2.20 bits per heavy atom. The van der Waals surface area contributed by atoms with Gasteiger partial charge in [0.25, 0.3) is 5.91 Å². The van der Waals surface area contributed by atoms with E-state index < -0.39 is 0 Å². The van der Waals surface area contributed by atoms with Gasteiger partial charge in [-0.25, -0.2) is 0 Å². The number of rotatable bonds is 6. The van der Waals surface area contributed by atoms with Gasteiger partial charge in [-0.2, -0.15) is 0 Å². The minimum absolute atomic E-state index is 0.0777.